The summed E-state index contributed by atoms with van der Waals surface area (Å²) in [7, 11) is 0. The van der Waals surface area contributed by atoms with Gasteiger partial charge in [-0.25, -0.2) is 0 Å². The fraction of sp³-hybridized carbons (Fsp3) is 0.900. The lowest BCUT2D eigenvalue weighted by atomic mass is 10.1. The second-order valence-electron chi connectivity index (χ2n) is 4.49. The minimum absolute atomic E-state index is 0.0138. The van der Waals surface area contributed by atoms with Gasteiger partial charge in [-0.1, -0.05) is 5.11 Å². The van der Waals surface area contributed by atoms with Crippen LogP contribution < -0.4 is 5.32 Å². The van der Waals surface area contributed by atoms with Crippen molar-refractivity contribution >= 4 is 5.91 Å². The number of carbonyl (C=O) groups is 1. The van der Waals surface area contributed by atoms with Crippen LogP contribution in [0.5, 0.6) is 0 Å². The molecule has 2 fully saturated rings. The number of ether oxygens (including phenoxy) is 1. The standard InChI is InChI=1S/C10H17N5O2/c11-14-13-8-5-15(6-8)7-10(16)12-4-9-2-1-3-17-9/h8-9H,1-7H2,(H,12,16)/t9-/m0/s1. The first-order chi connectivity index (χ1) is 8.28. The quantitative estimate of drug-likeness (QED) is 0.424. The first-order valence-electron chi connectivity index (χ1n) is 5.93. The molecule has 94 valence electrons. The Bertz CT molecular complexity index is 317. The normalized spacial score (nSPS) is 25.1. The molecule has 0 bridgehead atoms. The van der Waals surface area contributed by atoms with Gasteiger partial charge in [0.05, 0.1) is 18.7 Å². The van der Waals surface area contributed by atoms with Crippen LogP contribution in [0.1, 0.15) is 12.8 Å². The van der Waals surface area contributed by atoms with E-state index in [9.17, 15) is 4.79 Å². The van der Waals surface area contributed by atoms with E-state index in [0.717, 1.165) is 19.4 Å². The molecule has 0 radical (unpaired) electrons. The molecule has 2 aliphatic rings. The minimum atomic E-state index is 0.0138. The topological polar surface area (TPSA) is 90.3 Å². The number of likely N-dealkylation sites (tertiary alicyclic amines) is 1. The number of amides is 1. The molecule has 2 saturated heterocycles. The maximum absolute atomic E-state index is 11.6. The Morgan fingerprint density at radius 1 is 1.59 bits per heavy atom. The van der Waals surface area contributed by atoms with Crippen LogP contribution in [-0.4, -0.2) is 55.7 Å². The summed E-state index contributed by atoms with van der Waals surface area (Å²) < 4.78 is 5.41. The first kappa shape index (κ1) is 12.2. The summed E-state index contributed by atoms with van der Waals surface area (Å²) in [5, 5.41) is 6.45. The number of rotatable bonds is 5. The molecule has 0 aliphatic carbocycles. The van der Waals surface area contributed by atoms with Gasteiger partial charge in [0.15, 0.2) is 0 Å². The van der Waals surface area contributed by atoms with Gasteiger partial charge in [-0.05, 0) is 18.4 Å². The molecule has 17 heavy (non-hydrogen) atoms. The summed E-state index contributed by atoms with van der Waals surface area (Å²) >= 11 is 0. The molecule has 2 aliphatic heterocycles. The van der Waals surface area contributed by atoms with Gasteiger partial charge in [0.25, 0.3) is 0 Å². The second kappa shape index (κ2) is 5.86. The Balaban J connectivity index is 1.57. The van der Waals surface area contributed by atoms with Crippen molar-refractivity contribution in [2.24, 2.45) is 5.11 Å². The molecule has 0 aromatic rings. The van der Waals surface area contributed by atoms with Crippen molar-refractivity contribution < 1.29 is 9.53 Å². The first-order valence-corrected chi connectivity index (χ1v) is 5.93. The van der Waals surface area contributed by atoms with Crippen molar-refractivity contribution in [2.45, 2.75) is 25.0 Å². The molecule has 0 aromatic heterocycles. The van der Waals surface area contributed by atoms with Crippen LogP contribution in [0.15, 0.2) is 5.11 Å². The zero-order valence-corrected chi connectivity index (χ0v) is 9.71. The molecule has 7 heteroatoms. The summed E-state index contributed by atoms with van der Waals surface area (Å²) in [6.07, 6.45) is 2.30. The number of nitrogens with one attached hydrogen (secondary N) is 1. The maximum Gasteiger partial charge on any atom is 0.234 e. The van der Waals surface area contributed by atoms with Gasteiger partial charge in [-0.15, -0.1) is 0 Å². The molecular formula is C10H17N5O2. The van der Waals surface area contributed by atoms with Crippen LogP contribution in [0.4, 0.5) is 0 Å². The Labute approximate surface area is 99.7 Å². The average Bonchev–Trinajstić information content (AvgIpc) is 2.76. The SMILES string of the molecule is [N-]=[N+]=NC1CN(CC(=O)NC[C@@H]2CCCO2)C1. The Kier molecular flexibility index (Phi) is 4.19. The summed E-state index contributed by atoms with van der Waals surface area (Å²) in [4.78, 5) is 16.3. The summed E-state index contributed by atoms with van der Waals surface area (Å²) in [5.41, 5.74) is 8.22. The van der Waals surface area contributed by atoms with E-state index in [1.807, 2.05) is 4.90 Å². The van der Waals surface area contributed by atoms with Crippen LogP contribution in [-0.2, 0) is 9.53 Å². The van der Waals surface area contributed by atoms with E-state index in [1.165, 1.54) is 0 Å². The van der Waals surface area contributed by atoms with E-state index in [2.05, 4.69) is 15.3 Å². The number of hydrogen-bond donors (Lipinski definition) is 1. The van der Waals surface area contributed by atoms with E-state index in [0.29, 0.717) is 26.2 Å². The highest BCUT2D eigenvalue weighted by atomic mass is 16.5. The van der Waals surface area contributed by atoms with Crippen molar-refractivity contribution in [3.05, 3.63) is 10.4 Å². The second-order valence-corrected chi connectivity index (χ2v) is 4.49. The minimum Gasteiger partial charge on any atom is -0.376 e. The highest BCUT2D eigenvalue weighted by Gasteiger charge is 2.27. The molecule has 0 unspecified atom stereocenters. The van der Waals surface area contributed by atoms with Crippen molar-refractivity contribution in [3.63, 3.8) is 0 Å². The third kappa shape index (κ3) is 3.59. The van der Waals surface area contributed by atoms with Crippen molar-refractivity contribution in [3.8, 4) is 0 Å². The zero-order chi connectivity index (χ0) is 12.1. The molecule has 0 spiro atoms. The van der Waals surface area contributed by atoms with Gasteiger partial charge in [0, 0.05) is 31.2 Å². The molecule has 0 aromatic carbocycles. The monoisotopic (exact) mass is 239 g/mol. The van der Waals surface area contributed by atoms with Crippen molar-refractivity contribution in [1.82, 2.24) is 10.2 Å². The van der Waals surface area contributed by atoms with E-state index in [-0.39, 0.29) is 18.1 Å². The molecule has 0 saturated carbocycles. The van der Waals surface area contributed by atoms with E-state index in [1.54, 1.807) is 0 Å². The van der Waals surface area contributed by atoms with Crippen LogP contribution in [0.25, 0.3) is 10.4 Å². The molecule has 2 heterocycles. The largest absolute Gasteiger partial charge is 0.376 e. The zero-order valence-electron chi connectivity index (χ0n) is 9.71. The van der Waals surface area contributed by atoms with Gasteiger partial charge >= 0.3 is 0 Å². The van der Waals surface area contributed by atoms with Crippen molar-refractivity contribution in [2.75, 3.05) is 32.8 Å². The third-order valence-corrected chi connectivity index (χ3v) is 3.07. The van der Waals surface area contributed by atoms with Gasteiger partial charge in [0.2, 0.25) is 5.91 Å². The Hall–Kier alpha value is -1.30. The number of nitrogens with zero attached hydrogens (tertiary/aromatic N) is 4. The molecule has 1 atom stereocenters. The lowest BCUT2D eigenvalue weighted by Crippen LogP contribution is -2.53. The summed E-state index contributed by atoms with van der Waals surface area (Å²) in [6.45, 7) is 3.14. The fourth-order valence-corrected chi connectivity index (χ4v) is 2.11. The van der Waals surface area contributed by atoms with Crippen LogP contribution >= 0.6 is 0 Å². The number of carbonyl (C=O) groups excluding carboxylic acids is 1. The lowest BCUT2D eigenvalue weighted by Gasteiger charge is -2.35. The van der Waals surface area contributed by atoms with Crippen LogP contribution in [0, 0.1) is 0 Å². The van der Waals surface area contributed by atoms with Crippen molar-refractivity contribution in [1.29, 1.82) is 0 Å². The Morgan fingerprint density at radius 2 is 2.41 bits per heavy atom. The predicted octanol–water partition coefficient (Wildman–Crippen LogP) is 0.276. The van der Waals surface area contributed by atoms with Gasteiger partial charge in [0.1, 0.15) is 0 Å². The summed E-state index contributed by atoms with van der Waals surface area (Å²) in [6, 6.07) is 0.0333. The smallest absolute Gasteiger partial charge is 0.234 e. The predicted molar refractivity (Wildman–Crippen MR) is 61.4 cm³/mol. The van der Waals surface area contributed by atoms with E-state index < -0.39 is 0 Å². The molecular weight excluding hydrogens is 222 g/mol. The molecule has 2 rings (SSSR count). The van der Waals surface area contributed by atoms with Crippen LogP contribution in [0.2, 0.25) is 0 Å². The molecule has 1 N–H and O–H groups in total. The highest BCUT2D eigenvalue weighted by Crippen LogP contribution is 2.12. The lowest BCUT2D eigenvalue weighted by molar-refractivity contribution is -0.123. The van der Waals surface area contributed by atoms with E-state index in [4.69, 9.17) is 10.3 Å². The maximum atomic E-state index is 11.6. The van der Waals surface area contributed by atoms with Gasteiger partial charge in [-0.2, -0.15) is 0 Å². The number of azide groups is 1. The van der Waals surface area contributed by atoms with E-state index >= 15 is 0 Å². The summed E-state index contributed by atoms with van der Waals surface area (Å²) in [5.74, 6) is 0.0138. The molecule has 7 nitrogen and oxygen atoms in total. The fourth-order valence-electron chi connectivity index (χ4n) is 2.11. The number of hydrogen-bond acceptors (Lipinski definition) is 4. The molecule has 1 amide bonds. The third-order valence-electron chi connectivity index (χ3n) is 3.07. The van der Waals surface area contributed by atoms with Gasteiger partial charge < -0.3 is 10.1 Å². The Morgan fingerprint density at radius 3 is 3.06 bits per heavy atom. The average molecular weight is 239 g/mol. The highest BCUT2D eigenvalue weighted by molar-refractivity contribution is 5.78. The van der Waals surface area contributed by atoms with Crippen LogP contribution in [0.3, 0.4) is 0 Å². The van der Waals surface area contributed by atoms with Gasteiger partial charge in [-0.3, -0.25) is 9.69 Å².